The molecule has 1 unspecified atom stereocenters. The minimum atomic E-state index is -1.09. The van der Waals surface area contributed by atoms with Crippen molar-refractivity contribution in [3.8, 4) is 5.75 Å². The second-order valence-electron chi connectivity index (χ2n) is 5.13. The number of aryl methyl sites for hydroxylation is 2. The summed E-state index contributed by atoms with van der Waals surface area (Å²) in [6.45, 7) is 5.56. The molecule has 1 aromatic heterocycles. The Morgan fingerprint density at radius 1 is 1.30 bits per heavy atom. The first-order valence-corrected chi connectivity index (χ1v) is 6.48. The topological polar surface area (TPSA) is 66.0 Å². The third kappa shape index (κ3) is 3.08. The van der Waals surface area contributed by atoms with Gasteiger partial charge in [-0.1, -0.05) is 12.1 Å². The molecule has 0 aliphatic heterocycles. The summed E-state index contributed by atoms with van der Waals surface area (Å²) in [7, 11) is 0. The van der Waals surface area contributed by atoms with Crippen molar-refractivity contribution in [2.75, 3.05) is 6.54 Å². The van der Waals surface area contributed by atoms with E-state index in [-0.39, 0.29) is 12.3 Å². The lowest BCUT2D eigenvalue weighted by molar-refractivity contribution is 0.0660. The zero-order valence-electron chi connectivity index (χ0n) is 11.9. The highest BCUT2D eigenvalue weighted by atomic mass is 16.3. The summed E-state index contributed by atoms with van der Waals surface area (Å²) in [5.74, 6) is 1.64. The lowest BCUT2D eigenvalue weighted by Gasteiger charge is -2.20. The van der Waals surface area contributed by atoms with E-state index in [1.807, 2.05) is 26.0 Å². The van der Waals surface area contributed by atoms with Gasteiger partial charge in [0.05, 0.1) is 6.54 Å². The number of nitrogens with zero attached hydrogens (tertiary/aromatic N) is 1. The molecule has 0 radical (unpaired) electrons. The number of furan rings is 1. The molecule has 2 rings (SSSR count). The van der Waals surface area contributed by atoms with Gasteiger partial charge in [-0.15, -0.1) is 0 Å². The van der Waals surface area contributed by atoms with E-state index in [0.29, 0.717) is 11.3 Å². The molecule has 1 atom stereocenters. The first-order chi connectivity index (χ1) is 9.40. The standard InChI is InChI=1S/C16H19NO3/c1-11-8-14(12(2)20-11)16(3,19)10-17-9-13-6-4-5-7-15(13)18/h4-9,18-19H,10H2,1-3H3. The van der Waals surface area contributed by atoms with Crippen LogP contribution in [0.15, 0.2) is 39.7 Å². The van der Waals surface area contributed by atoms with Crippen LogP contribution in [0.5, 0.6) is 5.75 Å². The van der Waals surface area contributed by atoms with Crippen LogP contribution in [0.25, 0.3) is 0 Å². The predicted octanol–water partition coefficient (Wildman–Crippen LogP) is 2.93. The van der Waals surface area contributed by atoms with E-state index in [4.69, 9.17) is 4.42 Å². The number of phenols is 1. The maximum Gasteiger partial charge on any atom is 0.124 e. The average molecular weight is 273 g/mol. The summed E-state index contributed by atoms with van der Waals surface area (Å²) in [6, 6.07) is 8.76. The summed E-state index contributed by atoms with van der Waals surface area (Å²) in [5.41, 5.74) is 0.274. The molecule has 0 spiro atoms. The minimum absolute atomic E-state index is 0.172. The van der Waals surface area contributed by atoms with Crippen LogP contribution in [0.4, 0.5) is 0 Å². The van der Waals surface area contributed by atoms with Crippen LogP contribution < -0.4 is 0 Å². The number of hydrogen-bond acceptors (Lipinski definition) is 4. The van der Waals surface area contributed by atoms with Gasteiger partial charge in [-0.05, 0) is 39.0 Å². The van der Waals surface area contributed by atoms with Gasteiger partial charge >= 0.3 is 0 Å². The quantitative estimate of drug-likeness (QED) is 0.842. The lowest BCUT2D eigenvalue weighted by Crippen LogP contribution is -2.25. The van der Waals surface area contributed by atoms with Crippen molar-refractivity contribution in [1.29, 1.82) is 0 Å². The molecule has 0 aliphatic rings. The fourth-order valence-corrected chi connectivity index (χ4v) is 2.17. The van der Waals surface area contributed by atoms with Gasteiger partial charge in [-0.25, -0.2) is 0 Å². The second kappa shape index (κ2) is 5.51. The van der Waals surface area contributed by atoms with E-state index in [9.17, 15) is 10.2 Å². The van der Waals surface area contributed by atoms with E-state index >= 15 is 0 Å². The van der Waals surface area contributed by atoms with Crippen LogP contribution >= 0.6 is 0 Å². The van der Waals surface area contributed by atoms with E-state index in [0.717, 1.165) is 11.3 Å². The van der Waals surface area contributed by atoms with Crippen molar-refractivity contribution >= 4 is 6.21 Å². The van der Waals surface area contributed by atoms with E-state index in [2.05, 4.69) is 4.99 Å². The molecule has 0 fully saturated rings. The maximum atomic E-state index is 10.5. The fraction of sp³-hybridized carbons (Fsp3) is 0.312. The Morgan fingerprint density at radius 3 is 2.60 bits per heavy atom. The molecule has 2 aromatic rings. The van der Waals surface area contributed by atoms with Gasteiger partial charge in [0, 0.05) is 17.3 Å². The monoisotopic (exact) mass is 273 g/mol. The molecule has 4 nitrogen and oxygen atoms in total. The van der Waals surface area contributed by atoms with E-state index in [1.54, 1.807) is 31.3 Å². The molecule has 1 aromatic carbocycles. The number of phenolic OH excluding ortho intramolecular Hbond substituents is 1. The molecule has 1 heterocycles. The van der Waals surface area contributed by atoms with Crippen LogP contribution in [-0.4, -0.2) is 23.0 Å². The Bertz CT molecular complexity index is 626. The smallest absolute Gasteiger partial charge is 0.124 e. The van der Waals surface area contributed by atoms with Crippen molar-refractivity contribution in [3.05, 3.63) is 53.0 Å². The van der Waals surface area contributed by atoms with Gasteiger partial charge in [-0.2, -0.15) is 0 Å². The number of rotatable bonds is 4. The number of aliphatic imine (C=N–C) groups is 1. The van der Waals surface area contributed by atoms with Crippen LogP contribution in [-0.2, 0) is 5.60 Å². The summed E-state index contributed by atoms with van der Waals surface area (Å²) in [5, 5.41) is 20.1. The molecule has 20 heavy (non-hydrogen) atoms. The maximum absolute atomic E-state index is 10.5. The Balaban J connectivity index is 2.13. The van der Waals surface area contributed by atoms with Gasteiger partial charge in [0.25, 0.3) is 0 Å². The Labute approximate surface area is 118 Å². The zero-order valence-corrected chi connectivity index (χ0v) is 11.9. The van der Waals surface area contributed by atoms with Gasteiger partial charge in [-0.3, -0.25) is 4.99 Å². The van der Waals surface area contributed by atoms with E-state index in [1.165, 1.54) is 0 Å². The zero-order chi connectivity index (χ0) is 14.8. The Morgan fingerprint density at radius 2 is 2.00 bits per heavy atom. The highest BCUT2D eigenvalue weighted by Crippen LogP contribution is 2.27. The van der Waals surface area contributed by atoms with Crippen molar-refractivity contribution in [2.45, 2.75) is 26.4 Å². The molecule has 0 saturated carbocycles. The Kier molecular flexibility index (Phi) is 3.95. The van der Waals surface area contributed by atoms with Gasteiger partial charge in [0.15, 0.2) is 0 Å². The van der Waals surface area contributed by atoms with Gasteiger partial charge in [0.2, 0.25) is 0 Å². The Hall–Kier alpha value is -2.07. The van der Waals surface area contributed by atoms with Gasteiger partial charge < -0.3 is 14.6 Å². The summed E-state index contributed by atoms with van der Waals surface area (Å²) >= 11 is 0. The molecule has 0 saturated heterocycles. The van der Waals surface area contributed by atoms with Crippen molar-refractivity contribution in [3.63, 3.8) is 0 Å². The van der Waals surface area contributed by atoms with Crippen molar-refractivity contribution in [2.24, 2.45) is 4.99 Å². The summed E-state index contributed by atoms with van der Waals surface area (Å²) in [4.78, 5) is 4.22. The molecule has 0 amide bonds. The first-order valence-electron chi connectivity index (χ1n) is 6.48. The minimum Gasteiger partial charge on any atom is -0.507 e. The number of aromatic hydroxyl groups is 1. The van der Waals surface area contributed by atoms with Crippen LogP contribution in [0, 0.1) is 13.8 Å². The molecule has 106 valence electrons. The number of benzene rings is 1. The number of aliphatic hydroxyl groups is 1. The normalized spacial score (nSPS) is 14.6. The van der Waals surface area contributed by atoms with E-state index < -0.39 is 5.60 Å². The SMILES string of the molecule is Cc1cc(C(C)(O)CN=Cc2ccccc2O)c(C)o1. The highest BCUT2D eigenvalue weighted by Gasteiger charge is 2.27. The number of para-hydroxylation sites is 1. The third-order valence-electron chi connectivity index (χ3n) is 3.19. The number of hydrogen-bond donors (Lipinski definition) is 2. The van der Waals surface area contributed by atoms with Crippen LogP contribution in [0.1, 0.15) is 29.6 Å². The average Bonchev–Trinajstić information content (AvgIpc) is 2.72. The third-order valence-corrected chi connectivity index (χ3v) is 3.19. The van der Waals surface area contributed by atoms with Gasteiger partial charge in [0.1, 0.15) is 22.9 Å². The fourth-order valence-electron chi connectivity index (χ4n) is 2.17. The van der Waals surface area contributed by atoms with Crippen molar-refractivity contribution in [1.82, 2.24) is 0 Å². The van der Waals surface area contributed by atoms with Crippen molar-refractivity contribution < 1.29 is 14.6 Å². The molecule has 2 N–H and O–H groups in total. The lowest BCUT2D eigenvalue weighted by atomic mass is 9.96. The summed E-state index contributed by atoms with van der Waals surface area (Å²) < 4.78 is 5.43. The summed E-state index contributed by atoms with van der Waals surface area (Å²) in [6.07, 6.45) is 1.56. The predicted molar refractivity (Wildman–Crippen MR) is 78.3 cm³/mol. The van der Waals surface area contributed by atoms with Crippen LogP contribution in [0.2, 0.25) is 0 Å². The molecular formula is C16H19NO3. The second-order valence-corrected chi connectivity index (χ2v) is 5.13. The molecular weight excluding hydrogens is 254 g/mol. The van der Waals surface area contributed by atoms with Crippen LogP contribution in [0.3, 0.4) is 0 Å². The largest absolute Gasteiger partial charge is 0.507 e. The first kappa shape index (κ1) is 14.3. The molecule has 4 heteroatoms. The highest BCUT2D eigenvalue weighted by molar-refractivity contribution is 5.83. The molecule has 0 bridgehead atoms. The molecule has 0 aliphatic carbocycles.